The van der Waals surface area contributed by atoms with E-state index < -0.39 is 11.9 Å². The molecule has 2 N–H and O–H groups in total. The van der Waals surface area contributed by atoms with E-state index in [1.165, 1.54) is 0 Å². The number of imidazole rings is 1. The monoisotopic (exact) mass is 427 g/mol. The molecule has 8 heteroatoms. The van der Waals surface area contributed by atoms with E-state index in [1.807, 2.05) is 24.3 Å². The fourth-order valence-electron chi connectivity index (χ4n) is 4.91. The van der Waals surface area contributed by atoms with Crippen molar-refractivity contribution in [3.63, 3.8) is 0 Å². The van der Waals surface area contributed by atoms with E-state index in [0.29, 0.717) is 19.3 Å². The number of alkyl halides is 2. The number of nitrogens with one attached hydrogen (secondary N) is 1. The molecule has 2 aromatic rings. The molecule has 2 aliphatic rings. The Labute approximate surface area is 175 Å². The highest BCUT2D eigenvalue weighted by Gasteiger charge is 2.40. The zero-order valence-electron chi connectivity index (χ0n) is 16.3. The van der Waals surface area contributed by atoms with Crippen molar-refractivity contribution in [3.05, 3.63) is 30.1 Å². The van der Waals surface area contributed by atoms with Gasteiger partial charge in [-0.25, -0.2) is 13.8 Å². The second-order valence-corrected chi connectivity index (χ2v) is 8.39. The average molecular weight is 428 g/mol. The Kier molecular flexibility index (Phi) is 6.79. The number of likely N-dealkylation sites (tertiary alicyclic amines) is 1. The van der Waals surface area contributed by atoms with Crippen molar-refractivity contribution in [3.8, 4) is 0 Å². The number of piperidine rings is 1. The van der Waals surface area contributed by atoms with Gasteiger partial charge in [0.25, 0.3) is 0 Å². The van der Waals surface area contributed by atoms with Gasteiger partial charge in [-0.1, -0.05) is 12.1 Å². The van der Waals surface area contributed by atoms with Gasteiger partial charge in [-0.2, -0.15) is 0 Å². The summed E-state index contributed by atoms with van der Waals surface area (Å²) >= 11 is 0. The van der Waals surface area contributed by atoms with Crippen LogP contribution in [0.25, 0.3) is 11.0 Å². The van der Waals surface area contributed by atoms with Gasteiger partial charge in [0.2, 0.25) is 5.92 Å². The third-order valence-electron chi connectivity index (χ3n) is 6.46. The van der Waals surface area contributed by atoms with Crippen LogP contribution in [0.5, 0.6) is 0 Å². The molecule has 0 unspecified atom stereocenters. The molecule has 4 rings (SSSR count). The summed E-state index contributed by atoms with van der Waals surface area (Å²) < 4.78 is 27.0. The van der Waals surface area contributed by atoms with Crippen LogP contribution in [-0.2, 0) is 11.2 Å². The highest BCUT2D eigenvalue weighted by molar-refractivity contribution is 5.85. The molecule has 29 heavy (non-hydrogen) atoms. The molecule has 2 fully saturated rings. The number of fused-ring (bicyclic) bond motifs is 1. The number of hydrogen-bond acceptors (Lipinski definition) is 3. The van der Waals surface area contributed by atoms with Crippen LogP contribution in [0.15, 0.2) is 24.3 Å². The van der Waals surface area contributed by atoms with E-state index in [1.54, 1.807) is 0 Å². The van der Waals surface area contributed by atoms with Crippen LogP contribution in [0.4, 0.5) is 8.78 Å². The molecular formula is C21H28ClF2N3O2. The van der Waals surface area contributed by atoms with Gasteiger partial charge < -0.3 is 15.0 Å². The first-order valence-electron chi connectivity index (χ1n) is 10.2. The second-order valence-electron chi connectivity index (χ2n) is 8.39. The van der Waals surface area contributed by atoms with Gasteiger partial charge in [-0.05, 0) is 49.8 Å². The maximum absolute atomic E-state index is 13.5. The summed E-state index contributed by atoms with van der Waals surface area (Å²) in [6, 6.07) is 8.03. The van der Waals surface area contributed by atoms with Crippen LogP contribution in [0.3, 0.4) is 0 Å². The standard InChI is InChI=1S/C21H27F2N3O2.ClH/c22-21(23)8-5-16(6-9-21)26-10-7-14(12-20(27)28)15(13-26)11-19-24-17-3-1-2-4-18(17)25-19;/h1-4,14-16H,5-13H2,(H,24,25)(H,27,28);1H/t14-,15-;/m0./s1. The SMILES string of the molecule is Cl.O=C(O)C[C@@H]1CCN(C2CCC(F)(F)CC2)C[C@@H]1Cc1nc2ccccc2[nH]1. The molecule has 160 valence electrons. The number of nitrogens with zero attached hydrogens (tertiary/aromatic N) is 2. The van der Waals surface area contributed by atoms with Crippen molar-refractivity contribution in [2.45, 2.75) is 56.9 Å². The number of aromatic amines is 1. The predicted molar refractivity (Wildman–Crippen MR) is 110 cm³/mol. The molecule has 1 aliphatic heterocycles. The maximum atomic E-state index is 13.5. The van der Waals surface area contributed by atoms with Crippen molar-refractivity contribution in [2.24, 2.45) is 11.8 Å². The Morgan fingerprint density at radius 2 is 1.93 bits per heavy atom. The lowest BCUT2D eigenvalue weighted by molar-refractivity contribution is -0.139. The van der Waals surface area contributed by atoms with Crippen molar-refractivity contribution >= 4 is 29.4 Å². The molecule has 0 amide bonds. The highest BCUT2D eigenvalue weighted by atomic mass is 35.5. The van der Waals surface area contributed by atoms with Crippen LogP contribution in [0.1, 0.15) is 44.3 Å². The van der Waals surface area contributed by atoms with E-state index in [9.17, 15) is 18.7 Å². The highest BCUT2D eigenvalue weighted by Crippen LogP contribution is 2.38. The Morgan fingerprint density at radius 3 is 2.62 bits per heavy atom. The molecule has 2 atom stereocenters. The minimum atomic E-state index is -2.52. The minimum absolute atomic E-state index is 0. The Bertz CT molecular complexity index is 801. The lowest BCUT2D eigenvalue weighted by Crippen LogP contribution is -2.49. The molecule has 1 aliphatic carbocycles. The quantitative estimate of drug-likeness (QED) is 0.736. The average Bonchev–Trinajstić information content (AvgIpc) is 3.05. The van der Waals surface area contributed by atoms with E-state index >= 15 is 0 Å². The number of aromatic nitrogens is 2. The van der Waals surface area contributed by atoms with E-state index in [2.05, 4.69) is 14.9 Å². The predicted octanol–water partition coefficient (Wildman–Crippen LogP) is 4.52. The smallest absolute Gasteiger partial charge is 0.303 e. The first kappa shape index (κ1) is 22.0. The Balaban J connectivity index is 0.00000240. The van der Waals surface area contributed by atoms with Crippen LogP contribution >= 0.6 is 12.4 Å². The number of rotatable bonds is 5. The lowest BCUT2D eigenvalue weighted by atomic mass is 9.79. The van der Waals surface area contributed by atoms with Gasteiger partial charge in [0.1, 0.15) is 5.82 Å². The number of carbonyl (C=O) groups is 1. The first-order valence-corrected chi connectivity index (χ1v) is 10.2. The van der Waals surface area contributed by atoms with Crippen molar-refractivity contribution in [2.75, 3.05) is 13.1 Å². The van der Waals surface area contributed by atoms with Crippen LogP contribution in [0.2, 0.25) is 0 Å². The van der Waals surface area contributed by atoms with Crippen LogP contribution in [0, 0.1) is 11.8 Å². The van der Waals surface area contributed by atoms with Crippen molar-refractivity contribution < 1.29 is 18.7 Å². The Hall–Kier alpha value is -1.73. The van der Waals surface area contributed by atoms with Gasteiger partial charge >= 0.3 is 5.97 Å². The minimum Gasteiger partial charge on any atom is -0.481 e. The van der Waals surface area contributed by atoms with Crippen molar-refractivity contribution in [1.29, 1.82) is 0 Å². The van der Waals surface area contributed by atoms with E-state index in [0.717, 1.165) is 36.4 Å². The molecular weight excluding hydrogens is 400 g/mol. The molecule has 5 nitrogen and oxygen atoms in total. The zero-order valence-corrected chi connectivity index (χ0v) is 17.1. The summed E-state index contributed by atoms with van der Waals surface area (Å²) in [6.45, 7) is 1.55. The summed E-state index contributed by atoms with van der Waals surface area (Å²) in [6.07, 6.45) is 2.60. The number of halogens is 3. The number of hydrogen-bond donors (Lipinski definition) is 2. The first-order chi connectivity index (χ1) is 13.4. The van der Waals surface area contributed by atoms with Crippen molar-refractivity contribution in [1.82, 2.24) is 14.9 Å². The normalized spacial score (nSPS) is 25.6. The number of H-pyrrole nitrogens is 1. The number of benzene rings is 1. The summed E-state index contributed by atoms with van der Waals surface area (Å²) in [5, 5.41) is 9.32. The second kappa shape index (κ2) is 8.96. The maximum Gasteiger partial charge on any atom is 0.303 e. The molecule has 1 aromatic heterocycles. The molecule has 1 saturated heterocycles. The van der Waals surface area contributed by atoms with E-state index in [4.69, 9.17) is 0 Å². The topological polar surface area (TPSA) is 69.2 Å². The molecule has 0 radical (unpaired) electrons. The molecule has 2 heterocycles. The van der Waals surface area contributed by atoms with Gasteiger partial charge in [0, 0.05) is 38.3 Å². The molecule has 1 saturated carbocycles. The number of carboxylic acids is 1. The molecule has 0 spiro atoms. The summed E-state index contributed by atoms with van der Waals surface area (Å²) in [5.74, 6) is -2.17. The number of para-hydroxylation sites is 2. The zero-order chi connectivity index (χ0) is 19.7. The van der Waals surface area contributed by atoms with E-state index in [-0.39, 0.29) is 49.5 Å². The largest absolute Gasteiger partial charge is 0.481 e. The molecule has 0 bridgehead atoms. The summed E-state index contributed by atoms with van der Waals surface area (Å²) in [7, 11) is 0. The third kappa shape index (κ3) is 5.25. The summed E-state index contributed by atoms with van der Waals surface area (Å²) in [4.78, 5) is 21.7. The van der Waals surface area contributed by atoms with Gasteiger partial charge in [0.15, 0.2) is 0 Å². The third-order valence-corrected chi connectivity index (χ3v) is 6.46. The number of aliphatic carboxylic acids is 1. The Morgan fingerprint density at radius 1 is 1.21 bits per heavy atom. The lowest BCUT2D eigenvalue weighted by Gasteiger charge is -2.44. The molecule has 1 aromatic carbocycles. The van der Waals surface area contributed by atoms with Crippen LogP contribution < -0.4 is 0 Å². The summed E-state index contributed by atoms with van der Waals surface area (Å²) in [5.41, 5.74) is 1.89. The number of carboxylic acid groups (broad SMARTS) is 1. The van der Waals surface area contributed by atoms with Gasteiger partial charge in [-0.3, -0.25) is 4.79 Å². The van der Waals surface area contributed by atoms with Gasteiger partial charge in [0.05, 0.1) is 11.0 Å². The fraction of sp³-hybridized carbons (Fsp3) is 0.619. The van der Waals surface area contributed by atoms with Gasteiger partial charge in [-0.15, -0.1) is 12.4 Å². The van der Waals surface area contributed by atoms with Crippen LogP contribution in [-0.4, -0.2) is 51.0 Å². The fourth-order valence-corrected chi connectivity index (χ4v) is 4.91.